The molecule has 29 heavy (non-hydrogen) atoms. The molecule has 0 saturated heterocycles. The lowest BCUT2D eigenvalue weighted by Crippen LogP contribution is -2.25. The Morgan fingerprint density at radius 3 is 2.79 bits per heavy atom. The Kier molecular flexibility index (Phi) is 5.94. The highest BCUT2D eigenvalue weighted by Gasteiger charge is 2.21. The second kappa shape index (κ2) is 8.78. The van der Waals surface area contributed by atoms with Gasteiger partial charge in [0.15, 0.2) is 0 Å². The van der Waals surface area contributed by atoms with E-state index in [-0.39, 0.29) is 17.7 Å². The minimum absolute atomic E-state index is 0.0496. The zero-order chi connectivity index (χ0) is 20.2. The number of anilines is 1. The van der Waals surface area contributed by atoms with E-state index in [0.29, 0.717) is 17.8 Å². The van der Waals surface area contributed by atoms with Gasteiger partial charge in [-0.25, -0.2) is 4.98 Å². The molecule has 4 rings (SSSR count). The van der Waals surface area contributed by atoms with E-state index in [1.54, 1.807) is 0 Å². The van der Waals surface area contributed by atoms with Crippen molar-refractivity contribution < 1.29 is 9.59 Å². The first-order valence-electron chi connectivity index (χ1n) is 10.2. The molecule has 1 saturated carbocycles. The smallest absolute Gasteiger partial charge is 0.261 e. The van der Waals surface area contributed by atoms with Gasteiger partial charge in [0, 0.05) is 31.6 Å². The summed E-state index contributed by atoms with van der Waals surface area (Å²) in [5, 5.41) is 7.90. The summed E-state index contributed by atoms with van der Waals surface area (Å²) in [5.41, 5.74) is 2.66. The third-order valence-electron chi connectivity index (χ3n) is 5.60. The molecule has 0 radical (unpaired) electrons. The van der Waals surface area contributed by atoms with Crippen LogP contribution in [0, 0.1) is 5.92 Å². The van der Waals surface area contributed by atoms with Gasteiger partial charge >= 0.3 is 0 Å². The van der Waals surface area contributed by atoms with E-state index >= 15 is 0 Å². The number of fused-ring (bicyclic) bond motifs is 1. The molecule has 2 N–H and O–H groups in total. The van der Waals surface area contributed by atoms with Crippen molar-refractivity contribution in [2.45, 2.75) is 38.5 Å². The summed E-state index contributed by atoms with van der Waals surface area (Å²) in [4.78, 5) is 30.0. The molecule has 2 heterocycles. The maximum Gasteiger partial charge on any atom is 0.261 e. The molecule has 6 nitrogen and oxygen atoms in total. The van der Waals surface area contributed by atoms with Crippen molar-refractivity contribution in [3.8, 4) is 0 Å². The highest BCUT2D eigenvalue weighted by atomic mass is 32.1. The van der Waals surface area contributed by atoms with Crippen molar-refractivity contribution in [1.82, 2.24) is 14.9 Å². The van der Waals surface area contributed by atoms with Gasteiger partial charge in [0.1, 0.15) is 5.82 Å². The van der Waals surface area contributed by atoms with Crippen LogP contribution in [0.1, 0.15) is 47.6 Å². The molecule has 7 heteroatoms. The minimum Gasteiger partial charge on any atom is -0.351 e. The van der Waals surface area contributed by atoms with Crippen LogP contribution in [0.5, 0.6) is 0 Å². The van der Waals surface area contributed by atoms with Crippen LogP contribution >= 0.6 is 11.3 Å². The van der Waals surface area contributed by atoms with Crippen LogP contribution in [0.3, 0.4) is 0 Å². The fraction of sp³-hybridized carbons (Fsp3) is 0.409. The van der Waals surface area contributed by atoms with E-state index in [4.69, 9.17) is 4.98 Å². The van der Waals surface area contributed by atoms with Crippen molar-refractivity contribution in [2.75, 3.05) is 11.9 Å². The Balaban J connectivity index is 1.40. The van der Waals surface area contributed by atoms with Gasteiger partial charge < -0.3 is 15.2 Å². The largest absolute Gasteiger partial charge is 0.351 e. The number of nitrogens with zero attached hydrogens (tertiary/aromatic N) is 2. The Labute approximate surface area is 174 Å². The standard InChI is InChI=1S/C22H26N4O2S/c1-26-18-10-9-16(24-21(27)15-6-3-2-4-7-15)14-17(18)25-20(26)11-12-23-22(28)19-8-5-13-29-19/h5,8-10,13-15H,2-4,6-7,11-12H2,1H3,(H,23,28)(H,24,27). The fourth-order valence-electron chi connectivity index (χ4n) is 3.94. The average Bonchev–Trinajstić information content (AvgIpc) is 3.37. The van der Waals surface area contributed by atoms with Gasteiger partial charge in [0.2, 0.25) is 5.91 Å². The van der Waals surface area contributed by atoms with Crippen molar-refractivity contribution in [1.29, 1.82) is 0 Å². The van der Waals surface area contributed by atoms with Gasteiger partial charge in [-0.1, -0.05) is 25.3 Å². The lowest BCUT2D eigenvalue weighted by atomic mass is 9.88. The van der Waals surface area contributed by atoms with E-state index in [1.807, 2.05) is 47.3 Å². The quantitative estimate of drug-likeness (QED) is 0.642. The molecule has 2 amide bonds. The summed E-state index contributed by atoms with van der Waals surface area (Å²) in [7, 11) is 1.98. The lowest BCUT2D eigenvalue weighted by Gasteiger charge is -2.20. The number of thiophene rings is 1. The number of hydrogen-bond donors (Lipinski definition) is 2. The number of hydrogen-bond acceptors (Lipinski definition) is 4. The Hall–Kier alpha value is -2.67. The molecule has 2 aromatic heterocycles. The third-order valence-corrected chi connectivity index (χ3v) is 6.46. The highest BCUT2D eigenvalue weighted by Crippen LogP contribution is 2.26. The van der Waals surface area contributed by atoms with Gasteiger partial charge in [0.25, 0.3) is 5.91 Å². The molecule has 0 atom stereocenters. The van der Waals surface area contributed by atoms with Crippen LogP contribution < -0.4 is 10.6 Å². The van der Waals surface area contributed by atoms with Crippen LogP contribution in [-0.4, -0.2) is 27.9 Å². The van der Waals surface area contributed by atoms with Crippen LogP contribution in [0.15, 0.2) is 35.7 Å². The number of benzene rings is 1. The third kappa shape index (κ3) is 4.50. The number of amides is 2. The maximum absolute atomic E-state index is 12.5. The predicted molar refractivity (Wildman–Crippen MR) is 116 cm³/mol. The van der Waals surface area contributed by atoms with Crippen molar-refractivity contribution in [2.24, 2.45) is 13.0 Å². The number of imidazole rings is 1. The van der Waals surface area contributed by atoms with Gasteiger partial charge in [-0.3, -0.25) is 9.59 Å². The van der Waals surface area contributed by atoms with E-state index in [9.17, 15) is 9.59 Å². The van der Waals surface area contributed by atoms with Crippen molar-refractivity contribution in [3.05, 3.63) is 46.4 Å². The number of carbonyl (C=O) groups excluding carboxylic acids is 2. The van der Waals surface area contributed by atoms with Gasteiger partial charge in [-0.05, 0) is 42.5 Å². The molecular formula is C22H26N4O2S. The minimum atomic E-state index is -0.0496. The summed E-state index contributed by atoms with van der Waals surface area (Å²) < 4.78 is 2.04. The van der Waals surface area contributed by atoms with E-state index in [0.717, 1.165) is 48.2 Å². The summed E-state index contributed by atoms with van der Waals surface area (Å²) in [5.74, 6) is 1.11. The molecule has 3 aromatic rings. The van der Waals surface area contributed by atoms with Gasteiger partial charge in [0.05, 0.1) is 15.9 Å². The number of carbonyl (C=O) groups is 2. The summed E-state index contributed by atoms with van der Waals surface area (Å²) in [6.07, 6.45) is 6.14. The molecule has 152 valence electrons. The SMILES string of the molecule is Cn1c(CCNC(=O)c2cccs2)nc2cc(NC(=O)C3CCCCC3)ccc21. The second-order valence-corrected chi connectivity index (χ2v) is 8.55. The molecule has 0 unspecified atom stereocenters. The zero-order valence-electron chi connectivity index (χ0n) is 16.6. The first kappa shape index (κ1) is 19.6. The van der Waals surface area contributed by atoms with Crippen LogP contribution in [0.4, 0.5) is 5.69 Å². The second-order valence-electron chi connectivity index (χ2n) is 7.60. The first-order valence-corrected chi connectivity index (χ1v) is 11.1. The molecular weight excluding hydrogens is 384 g/mol. The van der Waals surface area contributed by atoms with Crippen LogP contribution in [0.2, 0.25) is 0 Å². The van der Waals surface area contributed by atoms with Gasteiger partial charge in [-0.2, -0.15) is 0 Å². The fourth-order valence-corrected chi connectivity index (χ4v) is 4.58. The number of aryl methyl sites for hydroxylation is 1. The molecule has 1 fully saturated rings. The molecule has 1 aliphatic carbocycles. The molecule has 1 aliphatic rings. The topological polar surface area (TPSA) is 76.0 Å². The maximum atomic E-state index is 12.5. The summed E-state index contributed by atoms with van der Waals surface area (Å²) in [6.45, 7) is 0.527. The number of rotatable bonds is 6. The normalized spacial score (nSPS) is 14.8. The molecule has 0 spiro atoms. The Morgan fingerprint density at radius 1 is 1.21 bits per heavy atom. The van der Waals surface area contributed by atoms with Crippen molar-refractivity contribution >= 4 is 39.9 Å². The predicted octanol–water partition coefficient (Wildman–Crippen LogP) is 4.13. The zero-order valence-corrected chi connectivity index (χ0v) is 17.4. The number of aromatic nitrogens is 2. The van der Waals surface area contributed by atoms with Crippen LogP contribution in [-0.2, 0) is 18.3 Å². The highest BCUT2D eigenvalue weighted by molar-refractivity contribution is 7.12. The lowest BCUT2D eigenvalue weighted by molar-refractivity contribution is -0.120. The van der Waals surface area contributed by atoms with Crippen molar-refractivity contribution in [3.63, 3.8) is 0 Å². The van der Waals surface area contributed by atoms with E-state index in [1.165, 1.54) is 17.8 Å². The average molecular weight is 411 g/mol. The Bertz CT molecular complexity index is 1000. The Morgan fingerprint density at radius 2 is 2.03 bits per heavy atom. The van der Waals surface area contributed by atoms with Crippen LogP contribution in [0.25, 0.3) is 11.0 Å². The summed E-state index contributed by atoms with van der Waals surface area (Å²) >= 11 is 1.43. The monoisotopic (exact) mass is 410 g/mol. The summed E-state index contributed by atoms with van der Waals surface area (Å²) in [6, 6.07) is 9.55. The van der Waals surface area contributed by atoms with E-state index < -0.39 is 0 Å². The van der Waals surface area contributed by atoms with E-state index in [2.05, 4.69) is 10.6 Å². The number of nitrogens with one attached hydrogen (secondary N) is 2. The molecule has 1 aromatic carbocycles. The first-order chi connectivity index (χ1) is 14.1. The van der Waals surface area contributed by atoms with Gasteiger partial charge in [-0.15, -0.1) is 11.3 Å². The molecule has 0 aliphatic heterocycles. The molecule has 0 bridgehead atoms.